The van der Waals surface area contributed by atoms with Crippen molar-refractivity contribution in [1.29, 1.82) is 0 Å². The summed E-state index contributed by atoms with van der Waals surface area (Å²) in [6, 6.07) is 7.34. The van der Waals surface area contributed by atoms with Crippen molar-refractivity contribution < 1.29 is 14.3 Å². The highest BCUT2D eigenvalue weighted by atomic mass is 16.5. The van der Waals surface area contributed by atoms with Crippen LogP contribution in [0.2, 0.25) is 0 Å². The number of rotatable bonds is 4. The third-order valence-electron chi connectivity index (χ3n) is 6.19. The number of amides is 2. The normalized spacial score (nSPS) is 28.4. The standard InChI is InChI=1S/C21H28N2O3/c1-13-7-16(14-3-4-14)9-17(8-13)18-10-19(11-18)23(2)20(24)15-5-6-26-21(25)22-12-15/h7-9,14-15,18-19H,3-6,10-12H2,1-2H3,(H,22,25)/t15-,18-,19+/m1/s1. The topological polar surface area (TPSA) is 58.6 Å². The van der Waals surface area contributed by atoms with Crippen LogP contribution in [-0.2, 0) is 9.53 Å². The van der Waals surface area contributed by atoms with Crippen LogP contribution in [0.4, 0.5) is 4.79 Å². The molecule has 0 radical (unpaired) electrons. The summed E-state index contributed by atoms with van der Waals surface area (Å²) >= 11 is 0. The van der Waals surface area contributed by atoms with Gasteiger partial charge in [-0.15, -0.1) is 0 Å². The summed E-state index contributed by atoms with van der Waals surface area (Å²) in [4.78, 5) is 25.9. The lowest BCUT2D eigenvalue weighted by Crippen LogP contribution is -2.48. The maximum absolute atomic E-state index is 12.8. The van der Waals surface area contributed by atoms with Gasteiger partial charge in [-0.05, 0) is 62.0 Å². The fourth-order valence-corrected chi connectivity index (χ4v) is 4.24. The number of carbonyl (C=O) groups excluding carboxylic acids is 2. The van der Waals surface area contributed by atoms with Crippen LogP contribution in [0.25, 0.3) is 0 Å². The van der Waals surface area contributed by atoms with Gasteiger partial charge in [-0.3, -0.25) is 4.79 Å². The zero-order valence-electron chi connectivity index (χ0n) is 15.7. The number of cyclic esters (lactones) is 1. The van der Waals surface area contributed by atoms with Crippen molar-refractivity contribution in [3.8, 4) is 0 Å². The van der Waals surface area contributed by atoms with Crippen LogP contribution < -0.4 is 5.32 Å². The van der Waals surface area contributed by atoms with Crippen LogP contribution in [0.15, 0.2) is 18.2 Å². The summed E-state index contributed by atoms with van der Waals surface area (Å²) in [6.45, 7) is 2.88. The van der Waals surface area contributed by atoms with Crippen molar-refractivity contribution in [3.05, 3.63) is 34.9 Å². The Labute approximate surface area is 155 Å². The van der Waals surface area contributed by atoms with E-state index < -0.39 is 6.09 Å². The molecular formula is C21H28N2O3. The number of nitrogens with one attached hydrogen (secondary N) is 1. The van der Waals surface area contributed by atoms with Crippen LogP contribution >= 0.6 is 0 Å². The molecule has 3 aliphatic rings. The molecule has 2 saturated carbocycles. The van der Waals surface area contributed by atoms with Crippen molar-refractivity contribution >= 4 is 12.0 Å². The van der Waals surface area contributed by atoms with Crippen molar-refractivity contribution in [2.75, 3.05) is 20.2 Å². The lowest BCUT2D eigenvalue weighted by Gasteiger charge is -2.42. The van der Waals surface area contributed by atoms with E-state index in [0.717, 1.165) is 18.8 Å². The molecule has 2 aliphatic carbocycles. The molecule has 5 heteroatoms. The van der Waals surface area contributed by atoms with E-state index in [-0.39, 0.29) is 11.8 Å². The molecule has 1 aromatic rings. The van der Waals surface area contributed by atoms with Gasteiger partial charge in [0.25, 0.3) is 0 Å². The van der Waals surface area contributed by atoms with E-state index in [0.29, 0.717) is 31.5 Å². The van der Waals surface area contributed by atoms with Crippen LogP contribution in [0.5, 0.6) is 0 Å². The molecule has 2 amide bonds. The SMILES string of the molecule is Cc1cc(C2CC2)cc([C@H]2C[C@@H](N(C)C(=O)[C@@H]3CCOC(=O)NC3)C2)c1. The average molecular weight is 356 g/mol. The second-order valence-corrected chi connectivity index (χ2v) is 8.23. The number of carbonyl (C=O) groups is 2. The van der Waals surface area contributed by atoms with E-state index in [2.05, 4.69) is 30.4 Å². The van der Waals surface area contributed by atoms with Crippen molar-refractivity contribution in [2.24, 2.45) is 5.92 Å². The predicted molar refractivity (Wildman–Crippen MR) is 99.1 cm³/mol. The van der Waals surface area contributed by atoms with Crippen LogP contribution in [0.1, 0.15) is 60.6 Å². The van der Waals surface area contributed by atoms with Gasteiger partial charge >= 0.3 is 6.09 Å². The van der Waals surface area contributed by atoms with Crippen LogP contribution in [0, 0.1) is 12.8 Å². The molecule has 1 saturated heterocycles. The van der Waals surface area contributed by atoms with E-state index in [1.54, 1.807) is 0 Å². The molecule has 140 valence electrons. The number of benzene rings is 1. The highest BCUT2D eigenvalue weighted by molar-refractivity contribution is 5.80. The molecule has 0 spiro atoms. The third kappa shape index (κ3) is 3.57. The summed E-state index contributed by atoms with van der Waals surface area (Å²) < 4.78 is 4.96. The first-order valence-electron chi connectivity index (χ1n) is 9.80. The Balaban J connectivity index is 1.35. The van der Waals surface area contributed by atoms with E-state index in [1.807, 2.05) is 11.9 Å². The molecule has 1 aliphatic heterocycles. The Morgan fingerprint density at radius 2 is 1.81 bits per heavy atom. The zero-order valence-corrected chi connectivity index (χ0v) is 15.7. The highest BCUT2D eigenvalue weighted by Crippen LogP contribution is 2.44. The Kier molecular flexibility index (Phi) is 4.63. The van der Waals surface area contributed by atoms with Gasteiger partial charge in [0.15, 0.2) is 0 Å². The summed E-state index contributed by atoms with van der Waals surface area (Å²) in [7, 11) is 1.91. The molecule has 3 fully saturated rings. The van der Waals surface area contributed by atoms with Gasteiger partial charge in [0.2, 0.25) is 5.91 Å². The van der Waals surface area contributed by atoms with Crippen LogP contribution in [-0.4, -0.2) is 43.1 Å². The first-order valence-corrected chi connectivity index (χ1v) is 9.80. The maximum atomic E-state index is 12.8. The summed E-state index contributed by atoms with van der Waals surface area (Å²) in [5.74, 6) is 1.29. The second kappa shape index (κ2) is 6.93. The van der Waals surface area contributed by atoms with E-state index >= 15 is 0 Å². The molecule has 4 rings (SSSR count). The number of alkyl carbamates (subject to hydrolysis) is 1. The smallest absolute Gasteiger partial charge is 0.407 e. The quantitative estimate of drug-likeness (QED) is 0.900. The summed E-state index contributed by atoms with van der Waals surface area (Å²) in [5.41, 5.74) is 4.30. The van der Waals surface area contributed by atoms with Gasteiger partial charge in [0.1, 0.15) is 0 Å². The van der Waals surface area contributed by atoms with E-state index in [1.165, 1.54) is 29.5 Å². The number of aryl methyl sites for hydroxylation is 1. The summed E-state index contributed by atoms with van der Waals surface area (Å²) in [5, 5.41) is 2.66. The molecule has 0 bridgehead atoms. The highest BCUT2D eigenvalue weighted by Gasteiger charge is 2.38. The molecule has 0 aromatic heterocycles. The Bertz CT molecular complexity index is 707. The molecule has 1 heterocycles. The fourth-order valence-electron chi connectivity index (χ4n) is 4.24. The third-order valence-corrected chi connectivity index (χ3v) is 6.19. The van der Waals surface area contributed by atoms with Gasteiger partial charge in [-0.2, -0.15) is 0 Å². The Morgan fingerprint density at radius 3 is 2.50 bits per heavy atom. The minimum absolute atomic E-state index is 0.127. The monoisotopic (exact) mass is 356 g/mol. The Hall–Kier alpha value is -2.04. The molecular weight excluding hydrogens is 328 g/mol. The Morgan fingerprint density at radius 1 is 1.12 bits per heavy atom. The fraction of sp³-hybridized carbons (Fsp3) is 0.619. The van der Waals surface area contributed by atoms with E-state index in [4.69, 9.17) is 4.74 Å². The first kappa shape index (κ1) is 17.4. The second-order valence-electron chi connectivity index (χ2n) is 8.23. The lowest BCUT2D eigenvalue weighted by atomic mass is 9.74. The first-order chi connectivity index (χ1) is 12.5. The predicted octanol–water partition coefficient (Wildman–Crippen LogP) is 3.32. The number of nitrogens with zero attached hydrogens (tertiary/aromatic N) is 1. The van der Waals surface area contributed by atoms with Crippen LogP contribution in [0.3, 0.4) is 0 Å². The summed E-state index contributed by atoms with van der Waals surface area (Å²) in [6.07, 6.45) is 4.90. The maximum Gasteiger partial charge on any atom is 0.407 e. The van der Waals surface area contributed by atoms with E-state index in [9.17, 15) is 9.59 Å². The number of ether oxygens (including phenoxy) is 1. The van der Waals surface area contributed by atoms with Crippen molar-refractivity contribution in [3.63, 3.8) is 0 Å². The molecule has 1 aromatic carbocycles. The van der Waals surface area contributed by atoms with Gasteiger partial charge in [-0.1, -0.05) is 23.8 Å². The van der Waals surface area contributed by atoms with Crippen molar-refractivity contribution in [1.82, 2.24) is 10.2 Å². The molecule has 5 nitrogen and oxygen atoms in total. The lowest BCUT2D eigenvalue weighted by molar-refractivity contribution is -0.138. The molecule has 1 atom stereocenters. The minimum atomic E-state index is -0.419. The van der Waals surface area contributed by atoms with Crippen molar-refractivity contribution in [2.45, 2.75) is 56.9 Å². The zero-order chi connectivity index (χ0) is 18.3. The molecule has 0 unspecified atom stereocenters. The molecule has 26 heavy (non-hydrogen) atoms. The average Bonchev–Trinajstić information content (AvgIpc) is 3.40. The van der Waals surface area contributed by atoms with Gasteiger partial charge in [-0.25, -0.2) is 4.79 Å². The largest absolute Gasteiger partial charge is 0.450 e. The minimum Gasteiger partial charge on any atom is -0.450 e. The van der Waals surface area contributed by atoms with Gasteiger partial charge in [0, 0.05) is 19.6 Å². The number of hydrogen-bond donors (Lipinski definition) is 1. The number of hydrogen-bond acceptors (Lipinski definition) is 3. The molecule has 1 N–H and O–H groups in total. The van der Waals surface area contributed by atoms with Gasteiger partial charge in [0.05, 0.1) is 12.5 Å². The van der Waals surface area contributed by atoms with Gasteiger partial charge < -0.3 is 15.0 Å².